The predicted octanol–water partition coefficient (Wildman–Crippen LogP) is 1.52. The average Bonchev–Trinajstić information content (AvgIpc) is 2.57. The van der Waals surface area contributed by atoms with E-state index in [0.717, 1.165) is 16.7 Å². The number of nitrogens with zero attached hydrogens (tertiary/aromatic N) is 4. The minimum absolute atomic E-state index is 0.700. The van der Waals surface area contributed by atoms with E-state index >= 15 is 0 Å². The minimum Gasteiger partial charge on any atom is -0.317 e. The highest BCUT2D eigenvalue weighted by Gasteiger charge is 2.04. The second-order valence-electron chi connectivity index (χ2n) is 3.22. The molecule has 1 aromatic carbocycles. The minimum atomic E-state index is 0.700. The van der Waals surface area contributed by atoms with Crippen molar-refractivity contribution in [2.45, 2.75) is 0 Å². The molecule has 4 nitrogen and oxygen atoms in total. The second-order valence-corrected chi connectivity index (χ2v) is 3.22. The van der Waals surface area contributed by atoms with Gasteiger partial charge in [0.1, 0.15) is 0 Å². The van der Waals surface area contributed by atoms with Crippen molar-refractivity contribution in [3.63, 3.8) is 0 Å². The third-order valence-corrected chi connectivity index (χ3v) is 2.22. The summed E-state index contributed by atoms with van der Waals surface area (Å²) in [6, 6.07) is 7.80. The maximum Gasteiger partial charge on any atom is 0.198 e. The number of hydrogen-bond acceptors (Lipinski definition) is 3. The monoisotopic (exact) mass is 184 g/mol. The summed E-state index contributed by atoms with van der Waals surface area (Å²) < 4.78 is 1.87. The maximum absolute atomic E-state index is 4.48. The highest BCUT2D eigenvalue weighted by Crippen LogP contribution is 2.13. The van der Waals surface area contributed by atoms with Gasteiger partial charge in [-0.2, -0.15) is 0 Å². The fourth-order valence-electron chi connectivity index (χ4n) is 1.50. The third kappa shape index (κ3) is 0.907. The van der Waals surface area contributed by atoms with Crippen molar-refractivity contribution in [3.8, 4) is 0 Å². The van der Waals surface area contributed by atoms with Gasteiger partial charge in [0.05, 0.1) is 17.4 Å². The molecule has 0 bridgehead atoms. The predicted molar refractivity (Wildman–Crippen MR) is 53.8 cm³/mol. The fraction of sp³-hybridized carbons (Fsp3) is 0.100. The van der Waals surface area contributed by atoms with Crippen LogP contribution in [0.1, 0.15) is 0 Å². The van der Waals surface area contributed by atoms with E-state index < -0.39 is 0 Å². The number of fused-ring (bicyclic) bond motifs is 2. The van der Waals surface area contributed by atoms with Gasteiger partial charge in [-0.3, -0.25) is 0 Å². The van der Waals surface area contributed by atoms with Crippen molar-refractivity contribution in [1.29, 1.82) is 0 Å². The molecule has 68 valence electrons. The van der Waals surface area contributed by atoms with Crippen molar-refractivity contribution in [3.05, 3.63) is 30.6 Å². The molecule has 0 fully saturated rings. The summed E-state index contributed by atoms with van der Waals surface area (Å²) in [6.45, 7) is 0. The molecule has 0 amide bonds. The number of para-hydroxylation sites is 2. The molecule has 0 saturated heterocycles. The molecule has 3 rings (SSSR count). The normalized spacial score (nSPS) is 11.2. The third-order valence-electron chi connectivity index (χ3n) is 2.22. The lowest BCUT2D eigenvalue weighted by Crippen LogP contribution is -1.90. The maximum atomic E-state index is 4.48. The van der Waals surface area contributed by atoms with E-state index in [2.05, 4.69) is 15.0 Å². The van der Waals surface area contributed by atoms with Gasteiger partial charge in [-0.15, -0.1) is 0 Å². The van der Waals surface area contributed by atoms with Gasteiger partial charge in [0.2, 0.25) is 0 Å². The van der Waals surface area contributed by atoms with Crippen molar-refractivity contribution in [2.24, 2.45) is 7.05 Å². The van der Waals surface area contributed by atoms with Gasteiger partial charge < -0.3 is 4.57 Å². The van der Waals surface area contributed by atoms with Crippen LogP contribution in [0.4, 0.5) is 0 Å². The smallest absolute Gasteiger partial charge is 0.198 e. The van der Waals surface area contributed by atoms with Crippen LogP contribution in [0.5, 0.6) is 0 Å². The van der Waals surface area contributed by atoms with Gasteiger partial charge in [0.15, 0.2) is 11.3 Å². The first-order valence-electron chi connectivity index (χ1n) is 4.38. The van der Waals surface area contributed by atoms with Crippen LogP contribution < -0.4 is 0 Å². The van der Waals surface area contributed by atoms with Crippen molar-refractivity contribution < 1.29 is 0 Å². The molecule has 0 saturated carbocycles. The summed E-state index contributed by atoms with van der Waals surface area (Å²) in [5.41, 5.74) is 3.32. The first kappa shape index (κ1) is 7.44. The average molecular weight is 184 g/mol. The Bertz CT molecular complexity index is 612. The molecule has 4 heteroatoms. The van der Waals surface area contributed by atoms with E-state index in [-0.39, 0.29) is 0 Å². The second kappa shape index (κ2) is 2.51. The quantitative estimate of drug-likeness (QED) is 0.532. The molecule has 0 atom stereocenters. The Morgan fingerprint density at radius 3 is 2.57 bits per heavy atom. The van der Waals surface area contributed by atoms with Gasteiger partial charge in [-0.05, 0) is 12.1 Å². The zero-order valence-electron chi connectivity index (χ0n) is 7.68. The van der Waals surface area contributed by atoms with Crippen molar-refractivity contribution in [2.75, 3.05) is 0 Å². The number of aromatic nitrogens is 4. The number of rotatable bonds is 0. The number of hydrogen-bond donors (Lipinski definition) is 0. The first-order chi connectivity index (χ1) is 6.84. The Morgan fingerprint density at radius 1 is 1.07 bits per heavy atom. The lowest BCUT2D eigenvalue weighted by atomic mass is 10.3. The lowest BCUT2D eigenvalue weighted by molar-refractivity contribution is 0.933. The highest BCUT2D eigenvalue weighted by molar-refractivity contribution is 5.82. The Morgan fingerprint density at radius 2 is 1.79 bits per heavy atom. The summed E-state index contributed by atoms with van der Waals surface area (Å²) in [4.78, 5) is 13.0. The summed E-state index contributed by atoms with van der Waals surface area (Å²) in [5.74, 6) is 0. The zero-order chi connectivity index (χ0) is 9.54. The zero-order valence-corrected chi connectivity index (χ0v) is 7.68. The van der Waals surface area contributed by atoms with E-state index in [4.69, 9.17) is 0 Å². The Balaban J connectivity index is 2.54. The number of imidazole rings is 1. The summed E-state index contributed by atoms with van der Waals surface area (Å²) >= 11 is 0. The largest absolute Gasteiger partial charge is 0.317 e. The Kier molecular flexibility index (Phi) is 1.33. The molecule has 3 aromatic rings. The van der Waals surface area contributed by atoms with Crippen molar-refractivity contribution >= 4 is 22.3 Å². The van der Waals surface area contributed by atoms with Crippen LogP contribution in [0, 0.1) is 0 Å². The van der Waals surface area contributed by atoms with Crippen LogP contribution in [0.25, 0.3) is 22.3 Å². The molecule has 0 N–H and O–H groups in total. The molecule has 0 aliphatic rings. The molecule has 2 heterocycles. The van der Waals surface area contributed by atoms with Crippen LogP contribution in [0.2, 0.25) is 0 Å². The topological polar surface area (TPSA) is 43.6 Å². The fourth-order valence-corrected chi connectivity index (χ4v) is 1.50. The van der Waals surface area contributed by atoms with Gasteiger partial charge in [-0.25, -0.2) is 15.0 Å². The molecular weight excluding hydrogens is 176 g/mol. The Labute approximate surface area is 80.2 Å². The summed E-state index contributed by atoms with van der Waals surface area (Å²) in [5, 5.41) is 0. The van der Waals surface area contributed by atoms with E-state index in [1.807, 2.05) is 35.9 Å². The summed E-state index contributed by atoms with van der Waals surface area (Å²) in [6.07, 6.45) is 1.73. The molecule has 0 unspecified atom stereocenters. The SMILES string of the molecule is Cn1cnc2nc3ccccc3nc21. The standard InChI is InChI=1S/C10H8N4/c1-14-6-11-9-10(14)13-8-5-3-2-4-7(8)12-9/h2-6H,1H3. The van der Waals surface area contributed by atoms with Crippen LogP contribution in [0.3, 0.4) is 0 Å². The van der Waals surface area contributed by atoms with E-state index in [1.165, 1.54) is 0 Å². The van der Waals surface area contributed by atoms with Gasteiger partial charge in [0, 0.05) is 7.05 Å². The highest BCUT2D eigenvalue weighted by atomic mass is 15.1. The van der Waals surface area contributed by atoms with Gasteiger partial charge >= 0.3 is 0 Å². The molecule has 0 aliphatic heterocycles. The van der Waals surface area contributed by atoms with Gasteiger partial charge in [0.25, 0.3) is 0 Å². The van der Waals surface area contributed by atoms with Crippen LogP contribution in [0.15, 0.2) is 30.6 Å². The van der Waals surface area contributed by atoms with Crippen LogP contribution in [-0.2, 0) is 7.05 Å². The molecule has 0 spiro atoms. The molecule has 0 aliphatic carbocycles. The van der Waals surface area contributed by atoms with Crippen molar-refractivity contribution in [1.82, 2.24) is 19.5 Å². The molecular formula is C10H8N4. The number of benzene rings is 1. The lowest BCUT2D eigenvalue weighted by Gasteiger charge is -1.96. The van der Waals surface area contributed by atoms with E-state index in [9.17, 15) is 0 Å². The van der Waals surface area contributed by atoms with E-state index in [0.29, 0.717) is 5.65 Å². The molecule has 0 radical (unpaired) electrons. The van der Waals surface area contributed by atoms with Gasteiger partial charge in [-0.1, -0.05) is 12.1 Å². The number of aryl methyl sites for hydroxylation is 1. The van der Waals surface area contributed by atoms with E-state index in [1.54, 1.807) is 6.33 Å². The van der Waals surface area contributed by atoms with Crippen LogP contribution in [-0.4, -0.2) is 19.5 Å². The van der Waals surface area contributed by atoms with Crippen LogP contribution >= 0.6 is 0 Å². The Hall–Kier alpha value is -1.97. The molecule has 2 aromatic heterocycles. The molecule has 14 heavy (non-hydrogen) atoms. The summed E-state index contributed by atoms with van der Waals surface area (Å²) in [7, 11) is 1.92. The first-order valence-corrected chi connectivity index (χ1v) is 4.38.